The Bertz CT molecular complexity index is 889. The molecule has 0 atom stereocenters. The number of anilines is 4. The number of ether oxygens (including phenoxy) is 2. The van der Waals surface area contributed by atoms with Crippen LogP contribution in [0.15, 0.2) is 54.9 Å². The zero-order valence-electron chi connectivity index (χ0n) is 14.5. The summed E-state index contributed by atoms with van der Waals surface area (Å²) in [6, 6.07) is 14.9. The second-order valence-corrected chi connectivity index (χ2v) is 5.72. The van der Waals surface area contributed by atoms with Crippen LogP contribution in [0.4, 0.5) is 23.0 Å². The average molecular weight is 371 g/mol. The minimum atomic E-state index is 0.524. The molecule has 0 aliphatic rings. The van der Waals surface area contributed by atoms with Crippen LogP contribution in [0, 0.1) is 0 Å². The summed E-state index contributed by atoms with van der Waals surface area (Å²) in [6.07, 6.45) is 1.49. The molecular formula is C19H19ClN4O2. The molecule has 6 nitrogen and oxygen atoms in total. The third kappa shape index (κ3) is 4.34. The number of benzene rings is 2. The molecular weight excluding hydrogens is 352 g/mol. The SMILES string of the molecule is CCOc1ccccc1Nc1cc(Nc2ccc(OC)c(Cl)c2)ncn1. The topological polar surface area (TPSA) is 68.3 Å². The molecule has 0 saturated carbocycles. The van der Waals surface area contributed by atoms with Crippen molar-refractivity contribution in [3.63, 3.8) is 0 Å². The number of hydrogen-bond acceptors (Lipinski definition) is 6. The van der Waals surface area contributed by atoms with Gasteiger partial charge in [0.2, 0.25) is 0 Å². The van der Waals surface area contributed by atoms with Gasteiger partial charge in [-0.25, -0.2) is 9.97 Å². The Kier molecular flexibility index (Phi) is 5.76. The van der Waals surface area contributed by atoms with E-state index in [1.807, 2.05) is 37.3 Å². The van der Waals surface area contributed by atoms with E-state index in [4.69, 9.17) is 21.1 Å². The van der Waals surface area contributed by atoms with Crippen LogP contribution in [0.25, 0.3) is 0 Å². The Morgan fingerprint density at radius 2 is 1.73 bits per heavy atom. The molecule has 1 heterocycles. The Hall–Kier alpha value is -2.99. The Labute approximate surface area is 157 Å². The molecule has 0 fully saturated rings. The molecule has 26 heavy (non-hydrogen) atoms. The van der Waals surface area contributed by atoms with Gasteiger partial charge >= 0.3 is 0 Å². The highest BCUT2D eigenvalue weighted by molar-refractivity contribution is 6.32. The minimum Gasteiger partial charge on any atom is -0.495 e. The number of rotatable bonds is 7. The maximum absolute atomic E-state index is 6.16. The summed E-state index contributed by atoms with van der Waals surface area (Å²) in [7, 11) is 1.58. The first-order chi connectivity index (χ1) is 12.7. The van der Waals surface area contributed by atoms with E-state index < -0.39 is 0 Å². The van der Waals surface area contributed by atoms with Gasteiger partial charge in [0, 0.05) is 11.8 Å². The van der Waals surface area contributed by atoms with Gasteiger partial charge in [-0.2, -0.15) is 0 Å². The molecule has 0 bridgehead atoms. The van der Waals surface area contributed by atoms with E-state index in [0.717, 1.165) is 17.1 Å². The quantitative estimate of drug-likeness (QED) is 0.608. The molecule has 0 radical (unpaired) electrons. The fourth-order valence-electron chi connectivity index (χ4n) is 2.38. The van der Waals surface area contributed by atoms with Gasteiger partial charge in [0.25, 0.3) is 0 Å². The summed E-state index contributed by atoms with van der Waals surface area (Å²) in [5.41, 5.74) is 1.64. The molecule has 0 aliphatic carbocycles. The summed E-state index contributed by atoms with van der Waals surface area (Å²) < 4.78 is 10.8. The Morgan fingerprint density at radius 3 is 2.46 bits per heavy atom. The molecule has 0 spiro atoms. The standard InChI is InChI=1S/C19H19ClN4O2/c1-3-26-17-7-5-4-6-15(17)24-19-11-18(21-12-22-19)23-13-8-9-16(25-2)14(20)10-13/h4-12H,3H2,1-2H3,(H2,21,22,23,24). The zero-order chi connectivity index (χ0) is 18.4. The van der Waals surface area contributed by atoms with Crippen molar-refractivity contribution in [2.45, 2.75) is 6.92 Å². The summed E-state index contributed by atoms with van der Waals surface area (Å²) in [5, 5.41) is 6.97. The molecule has 1 aromatic heterocycles. The number of halogens is 1. The van der Waals surface area contributed by atoms with E-state index in [2.05, 4.69) is 20.6 Å². The smallest absolute Gasteiger partial charge is 0.142 e. The minimum absolute atomic E-state index is 0.524. The van der Waals surface area contributed by atoms with Gasteiger partial charge in [-0.15, -0.1) is 0 Å². The molecule has 0 aliphatic heterocycles. The highest BCUT2D eigenvalue weighted by Gasteiger charge is 2.06. The molecule has 3 rings (SSSR count). The van der Waals surface area contributed by atoms with Gasteiger partial charge < -0.3 is 20.1 Å². The highest BCUT2D eigenvalue weighted by atomic mass is 35.5. The lowest BCUT2D eigenvalue weighted by Crippen LogP contribution is -2.01. The molecule has 0 amide bonds. The first-order valence-corrected chi connectivity index (χ1v) is 8.49. The van der Waals surface area contributed by atoms with Crippen molar-refractivity contribution in [1.29, 1.82) is 0 Å². The maximum atomic E-state index is 6.16. The lowest BCUT2D eigenvalue weighted by molar-refractivity contribution is 0.342. The van der Waals surface area contributed by atoms with Gasteiger partial charge in [0.05, 0.1) is 24.4 Å². The summed E-state index contributed by atoms with van der Waals surface area (Å²) in [6.45, 7) is 2.54. The van der Waals surface area contributed by atoms with E-state index in [-0.39, 0.29) is 0 Å². The Balaban J connectivity index is 1.77. The third-order valence-corrected chi connectivity index (χ3v) is 3.84. The number of hydrogen-bond donors (Lipinski definition) is 2. The van der Waals surface area contributed by atoms with Gasteiger partial charge in [-0.1, -0.05) is 23.7 Å². The fourth-order valence-corrected chi connectivity index (χ4v) is 2.63. The molecule has 2 aromatic carbocycles. The van der Waals surface area contributed by atoms with E-state index in [0.29, 0.717) is 29.0 Å². The van der Waals surface area contributed by atoms with Gasteiger partial charge in [-0.05, 0) is 37.3 Å². The second-order valence-electron chi connectivity index (χ2n) is 5.32. The number of para-hydroxylation sites is 2. The van der Waals surface area contributed by atoms with Crippen LogP contribution in [-0.2, 0) is 0 Å². The molecule has 3 aromatic rings. The van der Waals surface area contributed by atoms with E-state index in [1.54, 1.807) is 25.3 Å². The largest absolute Gasteiger partial charge is 0.495 e. The van der Waals surface area contributed by atoms with Crippen molar-refractivity contribution in [3.8, 4) is 11.5 Å². The lowest BCUT2D eigenvalue weighted by atomic mass is 10.3. The normalized spacial score (nSPS) is 10.3. The molecule has 7 heteroatoms. The van der Waals surface area contributed by atoms with Crippen LogP contribution in [0.1, 0.15) is 6.92 Å². The highest BCUT2D eigenvalue weighted by Crippen LogP contribution is 2.30. The summed E-state index contributed by atoms with van der Waals surface area (Å²) in [4.78, 5) is 8.50. The van der Waals surface area contributed by atoms with E-state index in [9.17, 15) is 0 Å². The first kappa shape index (κ1) is 17.8. The molecule has 0 unspecified atom stereocenters. The molecule has 2 N–H and O–H groups in total. The zero-order valence-corrected chi connectivity index (χ0v) is 15.2. The third-order valence-electron chi connectivity index (χ3n) is 3.54. The van der Waals surface area contributed by atoms with Crippen molar-refractivity contribution >= 4 is 34.6 Å². The Morgan fingerprint density at radius 1 is 0.962 bits per heavy atom. The van der Waals surface area contributed by atoms with Crippen molar-refractivity contribution in [2.24, 2.45) is 0 Å². The second kappa shape index (κ2) is 8.40. The van der Waals surface area contributed by atoms with Crippen LogP contribution in [-0.4, -0.2) is 23.7 Å². The number of methoxy groups -OCH3 is 1. The summed E-state index contributed by atoms with van der Waals surface area (Å²) in [5.74, 6) is 2.67. The monoisotopic (exact) mass is 370 g/mol. The van der Waals surface area contributed by atoms with Gasteiger partial charge in [0.15, 0.2) is 0 Å². The average Bonchev–Trinajstić information content (AvgIpc) is 2.64. The predicted octanol–water partition coefficient (Wildman–Crippen LogP) is 5.02. The van der Waals surface area contributed by atoms with Crippen molar-refractivity contribution in [3.05, 3.63) is 59.9 Å². The van der Waals surface area contributed by atoms with Crippen LogP contribution in [0.3, 0.4) is 0 Å². The van der Waals surface area contributed by atoms with Crippen molar-refractivity contribution < 1.29 is 9.47 Å². The number of nitrogens with zero attached hydrogens (tertiary/aromatic N) is 2. The van der Waals surface area contributed by atoms with Crippen molar-refractivity contribution in [2.75, 3.05) is 24.4 Å². The maximum Gasteiger partial charge on any atom is 0.142 e. The van der Waals surface area contributed by atoms with Crippen molar-refractivity contribution in [1.82, 2.24) is 9.97 Å². The van der Waals surface area contributed by atoms with Gasteiger partial charge in [0.1, 0.15) is 29.5 Å². The number of aromatic nitrogens is 2. The molecule has 134 valence electrons. The lowest BCUT2D eigenvalue weighted by Gasteiger charge is -2.12. The van der Waals surface area contributed by atoms with Crippen LogP contribution >= 0.6 is 11.6 Å². The molecule has 0 saturated heterocycles. The van der Waals surface area contributed by atoms with E-state index in [1.165, 1.54) is 6.33 Å². The van der Waals surface area contributed by atoms with Crippen LogP contribution in [0.5, 0.6) is 11.5 Å². The van der Waals surface area contributed by atoms with E-state index >= 15 is 0 Å². The fraction of sp³-hybridized carbons (Fsp3) is 0.158. The first-order valence-electron chi connectivity index (χ1n) is 8.11. The number of nitrogens with one attached hydrogen (secondary N) is 2. The van der Waals surface area contributed by atoms with Crippen LogP contribution in [0.2, 0.25) is 5.02 Å². The van der Waals surface area contributed by atoms with Crippen LogP contribution < -0.4 is 20.1 Å². The van der Waals surface area contributed by atoms with Gasteiger partial charge in [-0.3, -0.25) is 0 Å². The summed E-state index contributed by atoms with van der Waals surface area (Å²) >= 11 is 6.16. The predicted molar refractivity (Wildman–Crippen MR) is 104 cm³/mol.